The average molecular weight is 520 g/mol. The molecule has 3 amide bonds. The molecule has 0 aromatic heterocycles. The second-order valence-electron chi connectivity index (χ2n) is 11.3. The molecular formula is C30H37N3O5. The normalized spacial score (nSPS) is 33.3. The van der Waals surface area contributed by atoms with E-state index in [9.17, 15) is 19.5 Å². The highest BCUT2D eigenvalue weighted by molar-refractivity contribution is 5.99. The molecule has 38 heavy (non-hydrogen) atoms. The number of aliphatic hydroxyl groups is 1. The Labute approximate surface area is 223 Å². The summed E-state index contributed by atoms with van der Waals surface area (Å²) < 4.78 is 6.70. The van der Waals surface area contributed by atoms with E-state index in [-0.39, 0.29) is 36.9 Å². The predicted molar refractivity (Wildman–Crippen MR) is 141 cm³/mol. The number of benzene rings is 1. The number of aliphatic hydroxyl groups excluding tert-OH is 1. The summed E-state index contributed by atoms with van der Waals surface area (Å²) in [5, 5.41) is 9.58. The molecule has 1 unspecified atom stereocenters. The van der Waals surface area contributed by atoms with Crippen LogP contribution in [0.3, 0.4) is 0 Å². The van der Waals surface area contributed by atoms with Crippen LogP contribution in [0.15, 0.2) is 54.6 Å². The first-order valence-electron chi connectivity index (χ1n) is 14.1. The Balaban J connectivity index is 1.36. The van der Waals surface area contributed by atoms with Crippen molar-refractivity contribution in [3.8, 4) is 0 Å². The number of nitrogens with zero attached hydrogens (tertiary/aromatic N) is 3. The minimum atomic E-state index is -1.20. The lowest BCUT2D eigenvalue weighted by molar-refractivity contribution is -0.150. The van der Waals surface area contributed by atoms with Crippen LogP contribution in [0.1, 0.15) is 44.1 Å². The summed E-state index contributed by atoms with van der Waals surface area (Å²) in [5.41, 5.74) is -0.174. The maximum atomic E-state index is 14.3. The van der Waals surface area contributed by atoms with Gasteiger partial charge < -0.3 is 24.5 Å². The largest absolute Gasteiger partial charge is 0.396 e. The van der Waals surface area contributed by atoms with E-state index < -0.39 is 29.6 Å². The molecule has 5 atom stereocenters. The van der Waals surface area contributed by atoms with Crippen LogP contribution in [0.5, 0.6) is 0 Å². The van der Waals surface area contributed by atoms with Gasteiger partial charge in [0.15, 0.2) is 0 Å². The number of hydrogen-bond acceptors (Lipinski definition) is 5. The Bertz CT molecular complexity index is 1130. The second-order valence-corrected chi connectivity index (χ2v) is 11.3. The van der Waals surface area contributed by atoms with Crippen molar-refractivity contribution in [3.05, 3.63) is 60.2 Å². The lowest BCUT2D eigenvalue weighted by atomic mass is 9.77. The molecule has 3 fully saturated rings. The standard InChI is InChI=1S/C30H37N3O5/c34-19-9-18-33-26-29(37)32(22-12-5-2-6-13-22)17-8-15-30(26)25(28(33)36)24-23(38-30)14-7-16-31(27(24)35)20-21-10-3-1-4-11-21/h1,3-4,7-8,10-11,14-15,22-26,34H,2,5-6,9,12-13,16-20H2/t23-,24+,25-,26?,30-/m0/s1. The summed E-state index contributed by atoms with van der Waals surface area (Å²) in [6.07, 6.45) is 12.9. The molecule has 8 nitrogen and oxygen atoms in total. The van der Waals surface area contributed by atoms with E-state index in [1.165, 1.54) is 6.42 Å². The monoisotopic (exact) mass is 519 g/mol. The van der Waals surface area contributed by atoms with E-state index in [2.05, 4.69) is 0 Å². The van der Waals surface area contributed by atoms with Crippen molar-refractivity contribution in [3.63, 3.8) is 0 Å². The van der Waals surface area contributed by atoms with Gasteiger partial charge in [-0.15, -0.1) is 0 Å². The fourth-order valence-corrected chi connectivity index (χ4v) is 7.35. The van der Waals surface area contributed by atoms with E-state index in [0.29, 0.717) is 26.1 Å². The predicted octanol–water partition coefficient (Wildman–Crippen LogP) is 2.28. The fourth-order valence-electron chi connectivity index (χ4n) is 7.35. The number of hydrogen-bond donors (Lipinski definition) is 1. The Morgan fingerprint density at radius 3 is 2.50 bits per heavy atom. The number of carbonyl (C=O) groups is 3. The van der Waals surface area contributed by atoms with Crippen molar-refractivity contribution < 1.29 is 24.2 Å². The van der Waals surface area contributed by atoms with Crippen LogP contribution < -0.4 is 0 Å². The zero-order valence-electron chi connectivity index (χ0n) is 21.8. The molecule has 0 radical (unpaired) electrons. The van der Waals surface area contributed by atoms with E-state index in [1.54, 1.807) is 9.80 Å². The number of ether oxygens (including phenoxy) is 1. The molecule has 4 aliphatic heterocycles. The molecule has 202 valence electrons. The zero-order chi connectivity index (χ0) is 26.3. The molecule has 6 rings (SSSR count). The maximum Gasteiger partial charge on any atom is 0.249 e. The van der Waals surface area contributed by atoms with E-state index in [1.807, 2.05) is 59.5 Å². The minimum Gasteiger partial charge on any atom is -0.396 e. The quantitative estimate of drug-likeness (QED) is 0.583. The van der Waals surface area contributed by atoms with Gasteiger partial charge in [0.05, 0.1) is 17.9 Å². The molecular weight excluding hydrogens is 482 g/mol. The first-order chi connectivity index (χ1) is 18.5. The zero-order valence-corrected chi connectivity index (χ0v) is 21.8. The first-order valence-corrected chi connectivity index (χ1v) is 14.1. The van der Waals surface area contributed by atoms with Gasteiger partial charge in [-0.1, -0.05) is 73.9 Å². The van der Waals surface area contributed by atoms with Crippen LogP contribution in [-0.2, 0) is 25.7 Å². The van der Waals surface area contributed by atoms with Gasteiger partial charge >= 0.3 is 0 Å². The van der Waals surface area contributed by atoms with Crippen molar-refractivity contribution in [2.45, 2.75) is 68.9 Å². The third-order valence-corrected chi connectivity index (χ3v) is 9.06. The van der Waals surface area contributed by atoms with Crippen LogP contribution in [0.2, 0.25) is 0 Å². The van der Waals surface area contributed by atoms with Gasteiger partial charge in [0.2, 0.25) is 17.7 Å². The first kappa shape index (κ1) is 25.3. The van der Waals surface area contributed by atoms with Gasteiger partial charge in [0.25, 0.3) is 0 Å². The van der Waals surface area contributed by atoms with Crippen molar-refractivity contribution in [1.29, 1.82) is 0 Å². The third-order valence-electron chi connectivity index (χ3n) is 9.06. The van der Waals surface area contributed by atoms with Gasteiger partial charge in [-0.05, 0) is 24.8 Å². The highest BCUT2D eigenvalue weighted by atomic mass is 16.5. The Morgan fingerprint density at radius 2 is 1.74 bits per heavy atom. The van der Waals surface area contributed by atoms with Crippen LogP contribution in [0.4, 0.5) is 0 Å². The van der Waals surface area contributed by atoms with Crippen LogP contribution >= 0.6 is 0 Å². The van der Waals surface area contributed by atoms with Crippen LogP contribution in [0, 0.1) is 11.8 Å². The maximum absolute atomic E-state index is 14.3. The Kier molecular flexibility index (Phi) is 6.86. The highest BCUT2D eigenvalue weighted by Gasteiger charge is 2.71. The molecule has 8 heteroatoms. The summed E-state index contributed by atoms with van der Waals surface area (Å²) in [6.45, 7) is 1.56. The highest BCUT2D eigenvalue weighted by Crippen LogP contribution is 2.53. The second kappa shape index (κ2) is 10.3. The van der Waals surface area contributed by atoms with Crippen molar-refractivity contribution >= 4 is 17.7 Å². The molecule has 1 spiro atoms. The number of amides is 3. The third kappa shape index (κ3) is 4.09. The summed E-state index contributed by atoms with van der Waals surface area (Å²) >= 11 is 0. The van der Waals surface area contributed by atoms with Gasteiger partial charge in [0.1, 0.15) is 11.6 Å². The molecule has 1 aromatic carbocycles. The molecule has 4 heterocycles. The van der Waals surface area contributed by atoms with Crippen molar-refractivity contribution in [1.82, 2.24) is 14.7 Å². The van der Waals surface area contributed by atoms with Crippen LogP contribution in [-0.4, -0.2) is 87.6 Å². The van der Waals surface area contributed by atoms with Crippen molar-refractivity contribution in [2.24, 2.45) is 11.8 Å². The van der Waals surface area contributed by atoms with Gasteiger partial charge in [-0.3, -0.25) is 14.4 Å². The van der Waals surface area contributed by atoms with E-state index in [4.69, 9.17) is 4.74 Å². The molecule has 2 saturated heterocycles. The number of fused-ring (bicyclic) bond motifs is 2. The lowest BCUT2D eigenvalue weighted by Gasteiger charge is -2.39. The van der Waals surface area contributed by atoms with E-state index >= 15 is 0 Å². The summed E-state index contributed by atoms with van der Waals surface area (Å²) in [4.78, 5) is 47.8. The summed E-state index contributed by atoms with van der Waals surface area (Å²) in [5.74, 6) is -1.91. The SMILES string of the molecule is O=C1[C@@H]2[C@H](C=CCN1Cc1ccccc1)O[C@]13C=CCN(C4CCCCC4)C(=O)C1N(CCCO)C(=O)[C@H]23. The van der Waals surface area contributed by atoms with Crippen molar-refractivity contribution in [2.75, 3.05) is 26.2 Å². The summed E-state index contributed by atoms with van der Waals surface area (Å²) in [6, 6.07) is 9.16. The topological polar surface area (TPSA) is 90.4 Å². The number of likely N-dealkylation sites (tertiary alicyclic amines) is 1. The van der Waals surface area contributed by atoms with Gasteiger partial charge in [-0.2, -0.15) is 0 Å². The molecule has 1 aromatic rings. The molecule has 1 N–H and O–H groups in total. The number of carbonyl (C=O) groups excluding carboxylic acids is 3. The van der Waals surface area contributed by atoms with Gasteiger partial charge in [0, 0.05) is 38.8 Å². The minimum absolute atomic E-state index is 0.0794. The fraction of sp³-hybridized carbons (Fsp3) is 0.567. The summed E-state index contributed by atoms with van der Waals surface area (Å²) in [7, 11) is 0. The molecule has 1 aliphatic carbocycles. The van der Waals surface area contributed by atoms with Crippen LogP contribution in [0.25, 0.3) is 0 Å². The van der Waals surface area contributed by atoms with Gasteiger partial charge in [-0.25, -0.2) is 0 Å². The molecule has 1 saturated carbocycles. The number of rotatable bonds is 6. The molecule has 0 bridgehead atoms. The average Bonchev–Trinajstić information content (AvgIpc) is 3.25. The lowest BCUT2D eigenvalue weighted by Crippen LogP contribution is -2.57. The smallest absolute Gasteiger partial charge is 0.249 e. The Morgan fingerprint density at radius 1 is 0.947 bits per heavy atom. The Hall–Kier alpha value is -2.97. The van der Waals surface area contributed by atoms with E-state index in [0.717, 1.165) is 31.2 Å². The molecule has 5 aliphatic rings.